The van der Waals surface area contributed by atoms with Crippen LogP contribution in [-0.4, -0.2) is 56.8 Å². The van der Waals surface area contributed by atoms with Gasteiger partial charge in [0.05, 0.1) is 5.39 Å². The fourth-order valence-corrected chi connectivity index (χ4v) is 4.58. The molecule has 2 aromatic heterocycles. The Bertz CT molecular complexity index is 1120. The normalized spacial score (nSPS) is 18.7. The molecule has 0 unspecified atom stereocenters. The lowest BCUT2D eigenvalue weighted by molar-refractivity contribution is 0.200. The molecule has 1 aliphatic heterocycles. The van der Waals surface area contributed by atoms with Gasteiger partial charge < -0.3 is 20.9 Å². The van der Waals surface area contributed by atoms with E-state index in [0.717, 1.165) is 35.4 Å². The number of urea groups is 1. The molecule has 30 heavy (non-hydrogen) atoms. The lowest BCUT2D eigenvalue weighted by Crippen LogP contribution is -2.55. The Morgan fingerprint density at radius 2 is 2.07 bits per heavy atom. The van der Waals surface area contributed by atoms with Crippen molar-refractivity contribution in [2.75, 3.05) is 35.6 Å². The second kappa shape index (κ2) is 7.16. The van der Waals surface area contributed by atoms with E-state index in [1.807, 2.05) is 17.9 Å². The molecule has 9 heteroatoms. The number of piperazine rings is 1. The second-order valence-corrected chi connectivity index (χ2v) is 8.21. The number of aromatic nitrogens is 4. The molecule has 2 aliphatic rings. The predicted octanol–water partition coefficient (Wildman–Crippen LogP) is 2.47. The van der Waals surface area contributed by atoms with Crippen molar-refractivity contribution in [3.8, 4) is 0 Å². The first-order valence-electron chi connectivity index (χ1n) is 10.4. The molecular formula is C21H26N8O. The molecule has 0 spiro atoms. The second-order valence-electron chi connectivity index (χ2n) is 8.21. The van der Waals surface area contributed by atoms with Gasteiger partial charge in [-0.1, -0.05) is 6.07 Å². The number of aryl methyl sites for hydroxylation is 3. The molecule has 1 aromatic carbocycles. The van der Waals surface area contributed by atoms with Crippen LogP contribution in [0.3, 0.4) is 0 Å². The van der Waals surface area contributed by atoms with Crippen LogP contribution in [0.2, 0.25) is 0 Å². The molecule has 5 rings (SSSR count). The summed E-state index contributed by atoms with van der Waals surface area (Å²) in [5.41, 5.74) is 11.0. The summed E-state index contributed by atoms with van der Waals surface area (Å²) in [5.74, 6) is 0.975. The molecule has 156 valence electrons. The van der Waals surface area contributed by atoms with Crippen molar-refractivity contribution in [3.05, 3.63) is 35.0 Å². The minimum absolute atomic E-state index is 0.0636. The van der Waals surface area contributed by atoms with Crippen LogP contribution in [-0.2, 0) is 12.8 Å². The first-order valence-corrected chi connectivity index (χ1v) is 10.4. The van der Waals surface area contributed by atoms with Gasteiger partial charge in [-0.15, -0.1) is 0 Å². The molecule has 0 saturated carbocycles. The van der Waals surface area contributed by atoms with Gasteiger partial charge >= 0.3 is 6.03 Å². The highest BCUT2D eigenvalue weighted by Gasteiger charge is 2.30. The third-order valence-corrected chi connectivity index (χ3v) is 6.13. The SMILES string of the molecule is Cc1[nH]nc2nc(N)nc(N3CCN(C(=O)Nc4ccc5c(c4)CCC5)C[C@@H]3C)c12. The van der Waals surface area contributed by atoms with E-state index in [-0.39, 0.29) is 18.0 Å². The van der Waals surface area contributed by atoms with Crippen LogP contribution >= 0.6 is 0 Å². The maximum atomic E-state index is 12.9. The lowest BCUT2D eigenvalue weighted by atomic mass is 10.1. The first kappa shape index (κ1) is 18.7. The summed E-state index contributed by atoms with van der Waals surface area (Å²) in [6.07, 6.45) is 3.43. The number of hydrogen-bond donors (Lipinski definition) is 3. The fourth-order valence-electron chi connectivity index (χ4n) is 4.58. The Labute approximate surface area is 174 Å². The van der Waals surface area contributed by atoms with E-state index < -0.39 is 0 Å². The Morgan fingerprint density at radius 1 is 1.23 bits per heavy atom. The molecule has 0 radical (unpaired) electrons. The standard InChI is InChI=1S/C21H26N8O/c1-12-11-28(21(30)23-16-7-6-14-4-3-5-15(14)10-16)8-9-29(12)19-17-13(2)26-27-18(17)24-20(22)25-19/h6-7,10,12H,3-5,8-9,11H2,1-2H3,(H,23,30)(H3,22,24,25,26,27)/t12-/m0/s1. The van der Waals surface area contributed by atoms with Crippen molar-refractivity contribution in [1.82, 2.24) is 25.1 Å². The summed E-state index contributed by atoms with van der Waals surface area (Å²) in [5, 5.41) is 11.1. The largest absolute Gasteiger partial charge is 0.368 e. The molecule has 9 nitrogen and oxygen atoms in total. The number of carbonyl (C=O) groups is 1. The number of anilines is 3. The van der Waals surface area contributed by atoms with E-state index in [1.165, 1.54) is 17.5 Å². The highest BCUT2D eigenvalue weighted by Crippen LogP contribution is 2.29. The number of nitrogens with zero attached hydrogens (tertiary/aromatic N) is 5. The monoisotopic (exact) mass is 406 g/mol. The highest BCUT2D eigenvalue weighted by molar-refractivity contribution is 5.91. The number of fused-ring (bicyclic) bond motifs is 2. The van der Waals surface area contributed by atoms with Gasteiger partial charge in [0.25, 0.3) is 0 Å². The van der Waals surface area contributed by atoms with E-state index in [9.17, 15) is 4.79 Å². The number of H-pyrrole nitrogens is 1. The van der Waals surface area contributed by atoms with Gasteiger partial charge in [0, 0.05) is 37.1 Å². The van der Waals surface area contributed by atoms with Crippen LogP contribution < -0.4 is 16.0 Å². The quantitative estimate of drug-likeness (QED) is 0.602. The maximum Gasteiger partial charge on any atom is 0.321 e. The number of amides is 2. The minimum atomic E-state index is -0.0636. The number of hydrogen-bond acceptors (Lipinski definition) is 6. The Balaban J connectivity index is 1.31. The molecule has 2 amide bonds. The predicted molar refractivity (Wildman–Crippen MR) is 117 cm³/mol. The van der Waals surface area contributed by atoms with E-state index >= 15 is 0 Å². The number of carbonyl (C=O) groups excluding carboxylic acids is 1. The third kappa shape index (κ3) is 3.20. The van der Waals surface area contributed by atoms with Crippen molar-refractivity contribution in [1.29, 1.82) is 0 Å². The van der Waals surface area contributed by atoms with E-state index in [0.29, 0.717) is 25.3 Å². The average molecular weight is 406 g/mol. The summed E-state index contributed by atoms with van der Waals surface area (Å²) in [6.45, 7) is 5.90. The van der Waals surface area contributed by atoms with Gasteiger partial charge in [-0.3, -0.25) is 5.10 Å². The number of nitrogens with two attached hydrogens (primary N) is 1. The molecular weight excluding hydrogens is 380 g/mol. The fraction of sp³-hybridized carbons (Fsp3) is 0.429. The summed E-state index contributed by atoms with van der Waals surface area (Å²) >= 11 is 0. The lowest BCUT2D eigenvalue weighted by Gasteiger charge is -2.40. The van der Waals surface area contributed by atoms with Gasteiger partial charge in [0.15, 0.2) is 5.65 Å². The summed E-state index contributed by atoms with van der Waals surface area (Å²) < 4.78 is 0. The molecule has 3 heterocycles. The van der Waals surface area contributed by atoms with Crippen LogP contribution in [0.25, 0.3) is 11.0 Å². The topological polar surface area (TPSA) is 116 Å². The zero-order chi connectivity index (χ0) is 20.8. The minimum Gasteiger partial charge on any atom is -0.368 e. The molecule has 0 bridgehead atoms. The van der Waals surface area contributed by atoms with Crippen molar-refractivity contribution in [2.45, 2.75) is 39.2 Å². The molecule has 3 aromatic rings. The zero-order valence-corrected chi connectivity index (χ0v) is 17.3. The first-order chi connectivity index (χ1) is 14.5. The summed E-state index contributed by atoms with van der Waals surface area (Å²) in [7, 11) is 0. The number of aromatic amines is 1. The van der Waals surface area contributed by atoms with Crippen LogP contribution in [0, 0.1) is 6.92 Å². The average Bonchev–Trinajstić information content (AvgIpc) is 3.33. The summed E-state index contributed by atoms with van der Waals surface area (Å²) in [4.78, 5) is 25.6. The van der Waals surface area contributed by atoms with Crippen molar-refractivity contribution < 1.29 is 4.79 Å². The van der Waals surface area contributed by atoms with Crippen molar-refractivity contribution in [3.63, 3.8) is 0 Å². The van der Waals surface area contributed by atoms with Crippen LogP contribution in [0.1, 0.15) is 30.2 Å². The van der Waals surface area contributed by atoms with E-state index in [2.05, 4.69) is 49.4 Å². The zero-order valence-electron chi connectivity index (χ0n) is 17.3. The molecule has 1 aliphatic carbocycles. The van der Waals surface area contributed by atoms with Gasteiger partial charge in [0.2, 0.25) is 5.95 Å². The number of benzene rings is 1. The van der Waals surface area contributed by atoms with Crippen LogP contribution in [0.5, 0.6) is 0 Å². The van der Waals surface area contributed by atoms with Crippen molar-refractivity contribution >= 4 is 34.5 Å². The maximum absolute atomic E-state index is 12.9. The molecule has 1 saturated heterocycles. The van der Waals surface area contributed by atoms with Crippen molar-refractivity contribution in [2.24, 2.45) is 0 Å². The molecule has 4 N–H and O–H groups in total. The number of nitrogen functional groups attached to an aromatic ring is 1. The Morgan fingerprint density at radius 3 is 2.90 bits per heavy atom. The smallest absolute Gasteiger partial charge is 0.321 e. The Kier molecular flexibility index (Phi) is 4.45. The Hall–Kier alpha value is -3.36. The third-order valence-electron chi connectivity index (χ3n) is 6.13. The highest BCUT2D eigenvalue weighted by atomic mass is 16.2. The van der Waals surface area contributed by atoms with Gasteiger partial charge in [0.1, 0.15) is 5.82 Å². The van der Waals surface area contributed by atoms with E-state index in [4.69, 9.17) is 5.73 Å². The van der Waals surface area contributed by atoms with Crippen LogP contribution in [0.4, 0.5) is 22.2 Å². The number of rotatable bonds is 2. The summed E-state index contributed by atoms with van der Waals surface area (Å²) in [6, 6.07) is 6.27. The molecule has 1 fully saturated rings. The molecule has 1 atom stereocenters. The van der Waals surface area contributed by atoms with Gasteiger partial charge in [-0.05, 0) is 56.4 Å². The van der Waals surface area contributed by atoms with Gasteiger partial charge in [-0.25, -0.2) is 4.79 Å². The van der Waals surface area contributed by atoms with Gasteiger partial charge in [-0.2, -0.15) is 15.1 Å². The van der Waals surface area contributed by atoms with E-state index in [1.54, 1.807) is 0 Å². The van der Waals surface area contributed by atoms with Crippen LogP contribution in [0.15, 0.2) is 18.2 Å². The number of nitrogens with one attached hydrogen (secondary N) is 2.